The average molecular weight is 201 g/mol. The smallest absolute Gasteiger partial charge is 0.0695 e. The predicted octanol–water partition coefficient (Wildman–Crippen LogP) is -0.673. The van der Waals surface area contributed by atoms with E-state index in [1.54, 1.807) is 0 Å². The van der Waals surface area contributed by atoms with Crippen LogP contribution in [0.2, 0.25) is 0 Å². The fourth-order valence-electron chi connectivity index (χ4n) is 2.81. The van der Waals surface area contributed by atoms with Crippen molar-refractivity contribution in [1.82, 2.24) is 4.90 Å². The van der Waals surface area contributed by atoms with Gasteiger partial charge in [0.25, 0.3) is 0 Å². The molecule has 0 aromatic carbocycles. The summed E-state index contributed by atoms with van der Waals surface area (Å²) in [6.45, 7) is 0.688. The zero-order valence-corrected chi connectivity index (χ0v) is 8.34. The Bertz CT molecular complexity index is 200. The first-order valence-electron chi connectivity index (χ1n) is 5.45. The number of hydrogen-bond acceptors (Lipinski definition) is 4. The van der Waals surface area contributed by atoms with Gasteiger partial charge in [-0.05, 0) is 25.7 Å². The summed E-state index contributed by atoms with van der Waals surface area (Å²) in [4.78, 5) is 2.09. The van der Waals surface area contributed by atoms with Crippen molar-refractivity contribution in [3.63, 3.8) is 0 Å². The van der Waals surface area contributed by atoms with Crippen molar-refractivity contribution in [1.29, 1.82) is 0 Å². The molecule has 0 radical (unpaired) electrons. The lowest BCUT2D eigenvalue weighted by molar-refractivity contribution is 0.0422. The Labute approximate surface area is 84.2 Å². The second-order valence-electron chi connectivity index (χ2n) is 4.49. The van der Waals surface area contributed by atoms with Gasteiger partial charge in [-0.15, -0.1) is 0 Å². The molecule has 4 unspecified atom stereocenters. The molecule has 82 valence electrons. The van der Waals surface area contributed by atoms with Crippen LogP contribution in [-0.2, 0) is 0 Å². The molecule has 14 heavy (non-hydrogen) atoms. The third-order valence-corrected chi connectivity index (χ3v) is 3.52. The summed E-state index contributed by atoms with van der Waals surface area (Å²) in [7, 11) is 0. The lowest BCUT2D eigenvalue weighted by Gasteiger charge is -2.31. The highest BCUT2D eigenvalue weighted by molar-refractivity contribution is 4.94. The molecule has 4 atom stereocenters. The minimum atomic E-state index is -0.333. The van der Waals surface area contributed by atoms with Gasteiger partial charge in [-0.1, -0.05) is 0 Å². The molecular formula is C10H19NO3. The first-order chi connectivity index (χ1) is 6.72. The fraction of sp³-hybridized carbons (Fsp3) is 1.00. The zero-order valence-electron chi connectivity index (χ0n) is 8.34. The minimum absolute atomic E-state index is 0.0442. The van der Waals surface area contributed by atoms with E-state index in [-0.39, 0.29) is 30.9 Å². The van der Waals surface area contributed by atoms with Crippen LogP contribution in [0.15, 0.2) is 0 Å². The van der Waals surface area contributed by atoms with Gasteiger partial charge < -0.3 is 15.3 Å². The van der Waals surface area contributed by atoms with E-state index in [1.165, 1.54) is 0 Å². The molecule has 2 rings (SSSR count). The van der Waals surface area contributed by atoms with Crippen molar-refractivity contribution >= 4 is 0 Å². The lowest BCUT2D eigenvalue weighted by atomic mass is 10.1. The molecule has 3 N–H and O–H groups in total. The highest BCUT2D eigenvalue weighted by Crippen LogP contribution is 2.30. The van der Waals surface area contributed by atoms with E-state index < -0.39 is 0 Å². The highest BCUT2D eigenvalue weighted by Gasteiger charge is 2.39. The van der Waals surface area contributed by atoms with Crippen LogP contribution in [0.4, 0.5) is 0 Å². The van der Waals surface area contributed by atoms with E-state index in [4.69, 9.17) is 5.11 Å². The number of nitrogens with zero attached hydrogens (tertiary/aromatic N) is 1. The van der Waals surface area contributed by atoms with E-state index in [9.17, 15) is 10.2 Å². The largest absolute Gasteiger partial charge is 0.395 e. The maximum atomic E-state index is 9.74. The summed E-state index contributed by atoms with van der Waals surface area (Å²) in [6.07, 6.45) is 2.94. The standard InChI is InChI=1S/C10H19NO3/c12-6-7-4-8(13)5-11(7)9-2-1-3-10(9)14/h7-10,12-14H,1-6H2. The maximum absolute atomic E-state index is 9.74. The van der Waals surface area contributed by atoms with Gasteiger partial charge in [-0.3, -0.25) is 4.90 Å². The van der Waals surface area contributed by atoms with E-state index >= 15 is 0 Å². The molecule has 0 aromatic heterocycles. The van der Waals surface area contributed by atoms with Crippen molar-refractivity contribution in [3.05, 3.63) is 0 Å². The lowest BCUT2D eigenvalue weighted by Crippen LogP contribution is -2.45. The molecule has 0 spiro atoms. The van der Waals surface area contributed by atoms with E-state index in [1.807, 2.05) is 0 Å². The third-order valence-electron chi connectivity index (χ3n) is 3.52. The molecule has 0 bridgehead atoms. The van der Waals surface area contributed by atoms with Crippen LogP contribution in [0.25, 0.3) is 0 Å². The van der Waals surface area contributed by atoms with Crippen molar-refractivity contribution in [2.75, 3.05) is 13.2 Å². The van der Waals surface area contributed by atoms with Gasteiger partial charge in [0.1, 0.15) is 0 Å². The second kappa shape index (κ2) is 4.14. The van der Waals surface area contributed by atoms with Crippen molar-refractivity contribution in [2.45, 2.75) is 50.0 Å². The molecule has 1 saturated carbocycles. The molecule has 0 aromatic rings. The molecule has 4 heteroatoms. The van der Waals surface area contributed by atoms with Gasteiger partial charge >= 0.3 is 0 Å². The van der Waals surface area contributed by atoms with Gasteiger partial charge in [0, 0.05) is 18.6 Å². The molecule has 1 saturated heterocycles. The van der Waals surface area contributed by atoms with E-state index in [2.05, 4.69) is 4.90 Å². The molecule has 0 amide bonds. The summed E-state index contributed by atoms with van der Waals surface area (Å²) in [5, 5.41) is 28.4. The van der Waals surface area contributed by atoms with Gasteiger partial charge in [-0.25, -0.2) is 0 Å². The van der Waals surface area contributed by atoms with Crippen LogP contribution in [0.5, 0.6) is 0 Å². The number of β-amino-alcohol motifs (C(OH)–C–C–N with tert-alkyl or cyclic N) is 1. The summed E-state index contributed by atoms with van der Waals surface area (Å²) in [5.74, 6) is 0. The highest BCUT2D eigenvalue weighted by atomic mass is 16.3. The van der Waals surface area contributed by atoms with Crippen LogP contribution in [0.3, 0.4) is 0 Å². The Balaban J connectivity index is 2.01. The maximum Gasteiger partial charge on any atom is 0.0695 e. The number of aliphatic hydroxyl groups is 3. The van der Waals surface area contributed by atoms with Crippen molar-refractivity contribution < 1.29 is 15.3 Å². The molecular weight excluding hydrogens is 182 g/mol. The summed E-state index contributed by atoms with van der Waals surface area (Å²) in [5.41, 5.74) is 0. The first-order valence-corrected chi connectivity index (χ1v) is 5.45. The third kappa shape index (κ3) is 1.80. The molecule has 1 aliphatic heterocycles. The van der Waals surface area contributed by atoms with Gasteiger partial charge in [0.2, 0.25) is 0 Å². The topological polar surface area (TPSA) is 63.9 Å². The van der Waals surface area contributed by atoms with E-state index in [0.717, 1.165) is 19.3 Å². The SMILES string of the molecule is OCC1CC(O)CN1C1CCCC1O. The van der Waals surface area contributed by atoms with Crippen molar-refractivity contribution in [3.8, 4) is 0 Å². The van der Waals surface area contributed by atoms with Gasteiger partial charge in [-0.2, -0.15) is 0 Å². The van der Waals surface area contributed by atoms with Crippen LogP contribution in [-0.4, -0.2) is 57.7 Å². The minimum Gasteiger partial charge on any atom is -0.395 e. The number of likely N-dealkylation sites (tertiary alicyclic amines) is 1. The Kier molecular flexibility index (Phi) is 3.07. The van der Waals surface area contributed by atoms with Gasteiger partial charge in [0.05, 0.1) is 18.8 Å². The second-order valence-corrected chi connectivity index (χ2v) is 4.49. The Morgan fingerprint density at radius 2 is 2.00 bits per heavy atom. The quantitative estimate of drug-likeness (QED) is 0.554. The first kappa shape index (κ1) is 10.4. The molecule has 1 heterocycles. The Morgan fingerprint density at radius 3 is 2.57 bits per heavy atom. The van der Waals surface area contributed by atoms with Crippen LogP contribution in [0, 0.1) is 0 Å². The average Bonchev–Trinajstić information content (AvgIpc) is 2.71. The van der Waals surface area contributed by atoms with Crippen LogP contribution >= 0.6 is 0 Å². The number of rotatable bonds is 2. The van der Waals surface area contributed by atoms with Crippen LogP contribution in [0.1, 0.15) is 25.7 Å². The van der Waals surface area contributed by atoms with E-state index in [0.29, 0.717) is 13.0 Å². The normalized spacial score (nSPS) is 44.8. The molecule has 4 nitrogen and oxygen atoms in total. The monoisotopic (exact) mass is 201 g/mol. The van der Waals surface area contributed by atoms with Crippen LogP contribution < -0.4 is 0 Å². The summed E-state index contributed by atoms with van der Waals surface area (Å²) in [6, 6.07) is 0.201. The Morgan fingerprint density at radius 1 is 1.21 bits per heavy atom. The van der Waals surface area contributed by atoms with Gasteiger partial charge in [0.15, 0.2) is 0 Å². The summed E-state index contributed by atoms with van der Waals surface area (Å²) >= 11 is 0. The number of hydrogen-bond donors (Lipinski definition) is 3. The fourth-order valence-corrected chi connectivity index (χ4v) is 2.81. The molecule has 2 fully saturated rings. The van der Waals surface area contributed by atoms with Crippen molar-refractivity contribution in [2.24, 2.45) is 0 Å². The summed E-state index contributed by atoms with van der Waals surface area (Å²) < 4.78 is 0. The number of aliphatic hydroxyl groups excluding tert-OH is 3. The predicted molar refractivity (Wildman–Crippen MR) is 51.8 cm³/mol. The Hall–Kier alpha value is -0.160. The molecule has 1 aliphatic carbocycles. The zero-order chi connectivity index (χ0) is 10.1. The molecule has 2 aliphatic rings.